The van der Waals surface area contributed by atoms with Gasteiger partial charge in [0.15, 0.2) is 5.82 Å². The summed E-state index contributed by atoms with van der Waals surface area (Å²) in [5.41, 5.74) is 2.50. The van der Waals surface area contributed by atoms with E-state index in [0.29, 0.717) is 19.0 Å². The zero-order valence-corrected chi connectivity index (χ0v) is 13.7. The van der Waals surface area contributed by atoms with Crippen molar-refractivity contribution in [1.82, 2.24) is 9.55 Å². The highest BCUT2D eigenvalue weighted by Crippen LogP contribution is 2.39. The van der Waals surface area contributed by atoms with Gasteiger partial charge in [0.25, 0.3) is 5.79 Å². The predicted molar refractivity (Wildman–Crippen MR) is 92.0 cm³/mol. The lowest BCUT2D eigenvalue weighted by molar-refractivity contribution is -0.138. The van der Waals surface area contributed by atoms with Crippen LogP contribution in [0.15, 0.2) is 54.6 Å². The highest BCUT2D eigenvalue weighted by molar-refractivity contribution is 5.76. The number of hydrogen-bond acceptors (Lipinski definition) is 5. The molecule has 2 heterocycles. The van der Waals surface area contributed by atoms with Crippen molar-refractivity contribution in [3.8, 4) is 0 Å². The minimum atomic E-state index is -1.12. The molecule has 0 bridgehead atoms. The molecule has 2 N–H and O–H groups in total. The van der Waals surface area contributed by atoms with Gasteiger partial charge in [-0.1, -0.05) is 42.5 Å². The molecule has 2 aromatic carbocycles. The number of aliphatic hydroxyl groups is 2. The van der Waals surface area contributed by atoms with Crippen LogP contribution in [0.25, 0.3) is 11.0 Å². The van der Waals surface area contributed by atoms with Crippen LogP contribution in [0.5, 0.6) is 0 Å². The van der Waals surface area contributed by atoms with Gasteiger partial charge in [-0.25, -0.2) is 4.98 Å². The first-order valence-electron chi connectivity index (χ1n) is 8.33. The van der Waals surface area contributed by atoms with Crippen molar-refractivity contribution in [1.29, 1.82) is 0 Å². The molecule has 0 spiro atoms. The number of hydrogen-bond donors (Lipinski definition) is 2. The fourth-order valence-corrected chi connectivity index (χ4v) is 3.27. The number of aromatic nitrogens is 2. The van der Waals surface area contributed by atoms with Crippen molar-refractivity contribution >= 4 is 11.0 Å². The predicted octanol–water partition coefficient (Wildman–Crippen LogP) is 1.64. The zero-order chi connectivity index (χ0) is 17.3. The van der Waals surface area contributed by atoms with Crippen LogP contribution in [0.2, 0.25) is 0 Å². The number of ether oxygens (including phenoxy) is 2. The molecule has 1 saturated heterocycles. The van der Waals surface area contributed by atoms with Gasteiger partial charge >= 0.3 is 0 Å². The van der Waals surface area contributed by atoms with Gasteiger partial charge in [-0.2, -0.15) is 0 Å². The molecule has 1 unspecified atom stereocenters. The Morgan fingerprint density at radius 1 is 1.04 bits per heavy atom. The van der Waals surface area contributed by atoms with E-state index in [-0.39, 0.29) is 13.2 Å². The van der Waals surface area contributed by atoms with Crippen molar-refractivity contribution in [2.24, 2.45) is 0 Å². The molecule has 0 radical (unpaired) electrons. The second kappa shape index (κ2) is 6.57. The maximum Gasteiger partial charge on any atom is 0.256 e. The van der Waals surface area contributed by atoms with E-state index in [1.54, 1.807) is 0 Å². The Morgan fingerprint density at radius 2 is 1.72 bits per heavy atom. The van der Waals surface area contributed by atoms with Gasteiger partial charge in [0.2, 0.25) is 0 Å². The number of para-hydroxylation sites is 2. The molecular weight excluding hydrogens is 320 g/mol. The Bertz CT molecular complexity index is 856. The molecule has 0 amide bonds. The second-order valence-electron chi connectivity index (χ2n) is 6.05. The number of aliphatic hydroxyl groups excluding tert-OH is 2. The summed E-state index contributed by atoms with van der Waals surface area (Å²) in [6, 6.07) is 17.4. The summed E-state index contributed by atoms with van der Waals surface area (Å²) in [4.78, 5) is 4.75. The number of nitrogens with zero attached hydrogens (tertiary/aromatic N) is 2. The smallest absolute Gasteiger partial charge is 0.256 e. The Kier molecular flexibility index (Phi) is 4.27. The van der Waals surface area contributed by atoms with Gasteiger partial charge in [0, 0.05) is 5.56 Å². The van der Waals surface area contributed by atoms with E-state index in [4.69, 9.17) is 14.5 Å². The minimum absolute atomic E-state index is 0.202. The summed E-state index contributed by atoms with van der Waals surface area (Å²) in [6.45, 7) is 0.793. The van der Waals surface area contributed by atoms with E-state index >= 15 is 0 Å². The molecule has 1 aromatic heterocycles. The van der Waals surface area contributed by atoms with Gasteiger partial charge in [0.1, 0.15) is 0 Å². The lowest BCUT2D eigenvalue weighted by Crippen LogP contribution is -2.34. The van der Waals surface area contributed by atoms with E-state index in [1.165, 1.54) is 0 Å². The molecule has 1 fully saturated rings. The molecule has 0 aliphatic carbocycles. The topological polar surface area (TPSA) is 76.7 Å². The molecule has 1 aliphatic rings. The molecular formula is C19H20N2O4. The maximum absolute atomic E-state index is 10.0. The van der Waals surface area contributed by atoms with Crippen LogP contribution >= 0.6 is 0 Å². The molecule has 1 atom stereocenters. The third kappa shape index (κ3) is 2.73. The fourth-order valence-electron chi connectivity index (χ4n) is 3.27. The van der Waals surface area contributed by atoms with E-state index in [9.17, 15) is 10.2 Å². The summed E-state index contributed by atoms with van der Waals surface area (Å²) in [5.74, 6) is -0.542. The van der Waals surface area contributed by atoms with Gasteiger partial charge < -0.3 is 24.3 Å². The van der Waals surface area contributed by atoms with E-state index in [0.717, 1.165) is 16.6 Å². The molecule has 6 nitrogen and oxygen atoms in total. The summed E-state index contributed by atoms with van der Waals surface area (Å²) in [5, 5.41) is 19.3. The van der Waals surface area contributed by atoms with Crippen molar-refractivity contribution in [2.45, 2.75) is 18.4 Å². The lowest BCUT2D eigenvalue weighted by Gasteiger charge is -2.28. The quantitative estimate of drug-likeness (QED) is 0.738. The summed E-state index contributed by atoms with van der Waals surface area (Å²) >= 11 is 0. The third-order valence-electron chi connectivity index (χ3n) is 4.40. The first-order valence-corrected chi connectivity index (χ1v) is 8.33. The Labute approximate surface area is 145 Å². The first-order chi connectivity index (χ1) is 12.2. The van der Waals surface area contributed by atoms with Crippen molar-refractivity contribution < 1.29 is 19.7 Å². The Balaban J connectivity index is 1.93. The molecule has 4 rings (SSSR count). The summed E-state index contributed by atoms with van der Waals surface area (Å²) < 4.78 is 14.0. The standard InChI is InChI=1S/C19H20N2O4/c22-13-15(23)12-21-17-9-5-4-8-16(17)20-18(21)19(24-10-11-25-19)14-6-2-1-3-7-14/h1-9,15,22-23H,10-13H2. The molecule has 25 heavy (non-hydrogen) atoms. The van der Waals surface area contributed by atoms with Crippen molar-refractivity contribution in [2.75, 3.05) is 19.8 Å². The number of benzene rings is 2. The minimum Gasteiger partial charge on any atom is -0.394 e. The number of rotatable bonds is 5. The van der Waals surface area contributed by atoms with Crippen LogP contribution in [0.4, 0.5) is 0 Å². The second-order valence-corrected chi connectivity index (χ2v) is 6.05. The molecule has 130 valence electrons. The monoisotopic (exact) mass is 340 g/mol. The normalized spacial score (nSPS) is 17.8. The van der Waals surface area contributed by atoms with E-state index < -0.39 is 11.9 Å². The average Bonchev–Trinajstić information content (AvgIpc) is 3.29. The molecule has 0 saturated carbocycles. The van der Waals surface area contributed by atoms with Crippen LogP contribution in [0, 0.1) is 0 Å². The van der Waals surface area contributed by atoms with Gasteiger partial charge in [-0.05, 0) is 12.1 Å². The SMILES string of the molecule is OCC(O)Cn1c(C2(c3ccccc3)OCCO2)nc2ccccc21. The largest absolute Gasteiger partial charge is 0.394 e. The van der Waals surface area contributed by atoms with Gasteiger partial charge in [0.05, 0.1) is 43.5 Å². The van der Waals surface area contributed by atoms with Gasteiger partial charge in [-0.3, -0.25) is 0 Å². The Morgan fingerprint density at radius 3 is 2.44 bits per heavy atom. The number of fused-ring (bicyclic) bond motifs is 1. The van der Waals surface area contributed by atoms with Crippen molar-refractivity contribution in [3.05, 3.63) is 66.0 Å². The van der Waals surface area contributed by atoms with Crippen LogP contribution in [-0.4, -0.2) is 45.7 Å². The highest BCUT2D eigenvalue weighted by Gasteiger charge is 2.45. The average molecular weight is 340 g/mol. The Hall–Kier alpha value is -2.25. The number of imidazole rings is 1. The highest BCUT2D eigenvalue weighted by atomic mass is 16.7. The molecule has 6 heteroatoms. The fraction of sp³-hybridized carbons (Fsp3) is 0.316. The van der Waals surface area contributed by atoms with Crippen LogP contribution in [0.1, 0.15) is 11.4 Å². The van der Waals surface area contributed by atoms with E-state index in [2.05, 4.69) is 0 Å². The molecule has 3 aromatic rings. The first kappa shape index (κ1) is 16.2. The third-order valence-corrected chi connectivity index (χ3v) is 4.40. The lowest BCUT2D eigenvalue weighted by atomic mass is 10.0. The summed E-state index contributed by atoms with van der Waals surface area (Å²) in [7, 11) is 0. The maximum atomic E-state index is 10.0. The van der Waals surface area contributed by atoms with Crippen LogP contribution in [-0.2, 0) is 21.8 Å². The van der Waals surface area contributed by atoms with Gasteiger partial charge in [-0.15, -0.1) is 0 Å². The summed E-state index contributed by atoms with van der Waals surface area (Å²) in [6.07, 6.45) is -0.898. The van der Waals surface area contributed by atoms with Crippen LogP contribution < -0.4 is 0 Å². The van der Waals surface area contributed by atoms with E-state index in [1.807, 2.05) is 59.2 Å². The zero-order valence-electron chi connectivity index (χ0n) is 13.7. The molecule has 1 aliphatic heterocycles. The van der Waals surface area contributed by atoms with Crippen molar-refractivity contribution in [3.63, 3.8) is 0 Å². The van der Waals surface area contributed by atoms with Crippen LogP contribution in [0.3, 0.4) is 0 Å².